The third-order valence-electron chi connectivity index (χ3n) is 3.01. The molecule has 1 aromatic carbocycles. The molecule has 2 rings (SSSR count). The number of nitrogens with zero attached hydrogens (tertiary/aromatic N) is 1. The summed E-state index contributed by atoms with van der Waals surface area (Å²) in [6, 6.07) is 9.68. The number of carbonyl (C=O) groups is 2. The van der Waals surface area contributed by atoms with Crippen molar-refractivity contribution in [2.45, 2.75) is 19.4 Å². The lowest BCUT2D eigenvalue weighted by Crippen LogP contribution is -2.41. The van der Waals surface area contributed by atoms with Gasteiger partial charge in [0.05, 0.1) is 5.02 Å². The predicted molar refractivity (Wildman–Crippen MR) is 95.0 cm³/mol. The largest absolute Gasteiger partial charge is 0.476 e. The number of carbonyl (C=O) groups excluding carboxylic acids is 2. The minimum absolute atomic E-state index is 0.308. The molecule has 0 unspecified atom stereocenters. The van der Waals surface area contributed by atoms with Gasteiger partial charge in [-0.05, 0) is 50.2 Å². The summed E-state index contributed by atoms with van der Waals surface area (Å²) in [5, 5.41) is 3.50. The van der Waals surface area contributed by atoms with Crippen LogP contribution in [0.1, 0.15) is 13.8 Å². The molecule has 0 atom stereocenters. The summed E-state index contributed by atoms with van der Waals surface area (Å²) >= 11 is 11.5. The molecule has 0 spiro atoms. The first-order valence-corrected chi connectivity index (χ1v) is 8.05. The Morgan fingerprint density at radius 2 is 1.72 bits per heavy atom. The van der Waals surface area contributed by atoms with Crippen LogP contribution in [0.5, 0.6) is 5.75 Å². The Morgan fingerprint density at radius 1 is 1.08 bits per heavy atom. The SMILES string of the molecule is CC(C)(Oc1ccc(Cl)cc1)C(=O)OCC(=O)Nc1ccc(Cl)cn1. The number of aromatic nitrogens is 1. The topological polar surface area (TPSA) is 77.5 Å². The highest BCUT2D eigenvalue weighted by Gasteiger charge is 2.32. The van der Waals surface area contributed by atoms with Crippen molar-refractivity contribution in [1.82, 2.24) is 4.98 Å². The maximum atomic E-state index is 12.2. The van der Waals surface area contributed by atoms with Gasteiger partial charge in [-0.1, -0.05) is 23.2 Å². The quantitative estimate of drug-likeness (QED) is 0.770. The fraction of sp³-hybridized carbons (Fsp3) is 0.235. The molecule has 0 radical (unpaired) electrons. The van der Waals surface area contributed by atoms with Crippen LogP contribution in [0.2, 0.25) is 10.0 Å². The fourth-order valence-electron chi connectivity index (χ4n) is 1.77. The molecule has 1 N–H and O–H groups in total. The summed E-state index contributed by atoms with van der Waals surface area (Å²) in [6.07, 6.45) is 1.40. The molecule has 0 fully saturated rings. The van der Waals surface area contributed by atoms with Gasteiger partial charge in [0.2, 0.25) is 0 Å². The van der Waals surface area contributed by atoms with Crippen molar-refractivity contribution in [2.75, 3.05) is 11.9 Å². The molecule has 0 aliphatic heterocycles. The fourth-order valence-corrected chi connectivity index (χ4v) is 2.01. The normalized spacial score (nSPS) is 10.9. The van der Waals surface area contributed by atoms with E-state index in [2.05, 4.69) is 10.3 Å². The van der Waals surface area contributed by atoms with Gasteiger partial charge in [-0.25, -0.2) is 9.78 Å². The second kappa shape index (κ2) is 8.18. The van der Waals surface area contributed by atoms with E-state index in [4.69, 9.17) is 32.7 Å². The summed E-state index contributed by atoms with van der Waals surface area (Å²) in [6.45, 7) is 2.63. The first kappa shape index (κ1) is 19.0. The summed E-state index contributed by atoms with van der Waals surface area (Å²) in [5.41, 5.74) is -1.27. The van der Waals surface area contributed by atoms with Crippen LogP contribution >= 0.6 is 23.2 Å². The Bertz CT molecular complexity index is 746. The zero-order chi connectivity index (χ0) is 18.4. The van der Waals surface area contributed by atoms with Gasteiger partial charge in [0, 0.05) is 11.2 Å². The molecule has 1 aromatic heterocycles. The molecule has 0 bridgehead atoms. The van der Waals surface area contributed by atoms with E-state index < -0.39 is 24.1 Å². The van der Waals surface area contributed by atoms with Gasteiger partial charge < -0.3 is 14.8 Å². The van der Waals surface area contributed by atoms with E-state index in [0.29, 0.717) is 21.6 Å². The van der Waals surface area contributed by atoms with Gasteiger partial charge in [-0.2, -0.15) is 0 Å². The highest BCUT2D eigenvalue weighted by molar-refractivity contribution is 6.30. The van der Waals surface area contributed by atoms with Crippen molar-refractivity contribution in [3.63, 3.8) is 0 Å². The van der Waals surface area contributed by atoms with Gasteiger partial charge in [-0.3, -0.25) is 4.79 Å². The maximum Gasteiger partial charge on any atom is 0.350 e. The molecule has 0 saturated heterocycles. The van der Waals surface area contributed by atoms with Crippen LogP contribution in [0.4, 0.5) is 5.82 Å². The number of pyridine rings is 1. The average molecular weight is 383 g/mol. The zero-order valence-electron chi connectivity index (χ0n) is 13.6. The lowest BCUT2D eigenvalue weighted by Gasteiger charge is -2.24. The van der Waals surface area contributed by atoms with Crippen LogP contribution in [0.3, 0.4) is 0 Å². The second-order valence-corrected chi connectivity index (χ2v) is 6.43. The van der Waals surface area contributed by atoms with Crippen LogP contribution in [0.15, 0.2) is 42.6 Å². The highest BCUT2D eigenvalue weighted by atomic mass is 35.5. The van der Waals surface area contributed by atoms with Gasteiger partial charge in [0.1, 0.15) is 11.6 Å². The van der Waals surface area contributed by atoms with Crippen molar-refractivity contribution in [3.8, 4) is 5.75 Å². The number of rotatable bonds is 6. The molecule has 0 aliphatic carbocycles. The van der Waals surface area contributed by atoms with Gasteiger partial charge in [-0.15, -0.1) is 0 Å². The molecule has 25 heavy (non-hydrogen) atoms. The number of anilines is 1. The number of ether oxygens (including phenoxy) is 2. The van der Waals surface area contributed by atoms with Crippen LogP contribution in [0, 0.1) is 0 Å². The molecule has 2 aromatic rings. The third-order valence-corrected chi connectivity index (χ3v) is 3.48. The second-order valence-electron chi connectivity index (χ2n) is 5.55. The number of halogens is 2. The molecule has 8 heteroatoms. The Balaban J connectivity index is 1.86. The van der Waals surface area contributed by atoms with E-state index in [1.807, 2.05) is 0 Å². The minimum atomic E-state index is -1.27. The smallest absolute Gasteiger partial charge is 0.350 e. The van der Waals surface area contributed by atoms with E-state index in [0.717, 1.165) is 0 Å². The molecule has 132 valence electrons. The Hall–Kier alpha value is -2.31. The van der Waals surface area contributed by atoms with Crippen LogP contribution < -0.4 is 10.1 Å². The molecular weight excluding hydrogens is 367 g/mol. The Kier molecular flexibility index (Phi) is 6.22. The molecule has 0 saturated carbocycles. The van der Waals surface area contributed by atoms with Crippen molar-refractivity contribution in [3.05, 3.63) is 52.6 Å². The monoisotopic (exact) mass is 382 g/mol. The van der Waals surface area contributed by atoms with Crippen LogP contribution in [0.25, 0.3) is 0 Å². The first-order valence-electron chi connectivity index (χ1n) is 7.29. The van der Waals surface area contributed by atoms with Gasteiger partial charge >= 0.3 is 5.97 Å². The first-order chi connectivity index (χ1) is 11.8. The Labute approximate surface area is 155 Å². The number of amides is 1. The lowest BCUT2D eigenvalue weighted by atomic mass is 10.1. The minimum Gasteiger partial charge on any atom is -0.476 e. The molecular formula is C17H16Cl2N2O4. The number of hydrogen-bond acceptors (Lipinski definition) is 5. The maximum absolute atomic E-state index is 12.2. The standard InChI is InChI=1S/C17H16Cl2N2O4/c1-17(2,25-13-6-3-11(18)4-7-13)16(23)24-10-15(22)21-14-8-5-12(19)9-20-14/h3-9H,10H2,1-2H3,(H,20,21,22). The zero-order valence-corrected chi connectivity index (χ0v) is 15.1. The summed E-state index contributed by atoms with van der Waals surface area (Å²) in [7, 11) is 0. The van der Waals surface area contributed by atoms with Gasteiger partial charge in [0.25, 0.3) is 5.91 Å². The van der Waals surface area contributed by atoms with Crippen molar-refractivity contribution >= 4 is 40.9 Å². The van der Waals surface area contributed by atoms with Crippen LogP contribution in [-0.4, -0.2) is 29.1 Å². The van der Waals surface area contributed by atoms with Crippen LogP contribution in [-0.2, 0) is 14.3 Å². The van der Waals surface area contributed by atoms with E-state index in [1.165, 1.54) is 12.3 Å². The number of benzene rings is 1. The van der Waals surface area contributed by atoms with Crippen molar-refractivity contribution in [1.29, 1.82) is 0 Å². The number of esters is 1. The van der Waals surface area contributed by atoms with E-state index in [9.17, 15) is 9.59 Å². The van der Waals surface area contributed by atoms with E-state index in [1.54, 1.807) is 44.2 Å². The predicted octanol–water partition coefficient (Wildman–Crippen LogP) is 3.73. The summed E-state index contributed by atoms with van der Waals surface area (Å²) in [4.78, 5) is 27.9. The molecule has 0 aliphatic rings. The molecule has 1 heterocycles. The summed E-state index contributed by atoms with van der Waals surface area (Å²) in [5.74, 6) is -0.435. The summed E-state index contributed by atoms with van der Waals surface area (Å²) < 4.78 is 10.6. The molecule has 1 amide bonds. The van der Waals surface area contributed by atoms with Gasteiger partial charge in [0.15, 0.2) is 12.2 Å². The Morgan fingerprint density at radius 3 is 2.32 bits per heavy atom. The lowest BCUT2D eigenvalue weighted by molar-refractivity contribution is -0.161. The van der Waals surface area contributed by atoms with Crippen molar-refractivity contribution in [2.24, 2.45) is 0 Å². The third kappa shape index (κ3) is 5.92. The van der Waals surface area contributed by atoms with Crippen molar-refractivity contribution < 1.29 is 19.1 Å². The number of hydrogen-bond donors (Lipinski definition) is 1. The highest BCUT2D eigenvalue weighted by Crippen LogP contribution is 2.21. The number of nitrogens with one attached hydrogen (secondary N) is 1. The van der Waals surface area contributed by atoms with E-state index >= 15 is 0 Å². The van der Waals surface area contributed by atoms with E-state index in [-0.39, 0.29) is 0 Å². The average Bonchev–Trinajstić information content (AvgIpc) is 2.56. The molecule has 6 nitrogen and oxygen atoms in total.